The molecule has 0 aromatic heterocycles. The third kappa shape index (κ3) is 1350. The number of carbonyl (C=O) groups is 3. The fourth-order valence-corrected chi connectivity index (χ4v) is 0. The van der Waals surface area contributed by atoms with Crippen LogP contribution in [0.3, 0.4) is 0 Å². The molecular weight excluding hydrogens is 843 g/mol. The number of carboxylic acid groups (broad SMARTS) is 6. The molecule has 0 bridgehead atoms. The van der Waals surface area contributed by atoms with Gasteiger partial charge in [0.15, 0.2) is 0 Å². The molecule has 0 amide bonds. The second-order valence-corrected chi connectivity index (χ2v) is 5.47. The Hall–Kier alpha value is 6.74. The maximum absolute atomic E-state index is 8.88. The van der Waals surface area contributed by atoms with Crippen molar-refractivity contribution in [2.75, 3.05) is 0 Å². The summed E-state index contributed by atoms with van der Waals surface area (Å²) in [6, 6.07) is 0. The Kier molecular flexibility index (Phi) is 145. The van der Waals surface area contributed by atoms with Crippen LogP contribution in [0.15, 0.2) is 0 Å². The molecule has 0 radical (unpaired) electrons. The predicted octanol–water partition coefficient (Wildman–Crippen LogP) is -9.36. The van der Waals surface area contributed by atoms with Crippen LogP contribution in [0.2, 0.25) is 0 Å². The van der Waals surface area contributed by atoms with Crippen molar-refractivity contribution >= 4 is 303 Å². The Morgan fingerprint density at radius 2 is 0.400 bits per heavy atom. The van der Waals surface area contributed by atoms with Crippen LogP contribution < -0.4 is 0 Å². The molecule has 0 saturated heterocycles. The van der Waals surface area contributed by atoms with Gasteiger partial charge in [-0.2, -0.15) is 0 Å². The summed E-state index contributed by atoms with van der Waals surface area (Å²) in [5.74, 6) is 0. The SMILES string of the molecule is O.O=C(O)O.O=C(O)O.O=C(O)O.O=P(O)(O)O.O=P(O)(O)O.O=P(O)(O)O.[BaH2].[CaH2].[CaH2].[CaH2].[CaH2].[CaH2].[MgH2]. The van der Waals surface area contributed by atoms with E-state index in [2.05, 4.69) is 0 Å². The molecule has 0 unspecified atom stereocenters. The average Bonchev–Trinajstić information content (AvgIpc) is 2.01. The molecule has 35 heavy (non-hydrogen) atoms. The summed E-state index contributed by atoms with van der Waals surface area (Å²) in [6.45, 7) is 0. The molecule has 0 aromatic carbocycles. The van der Waals surface area contributed by atoms with E-state index in [0.29, 0.717) is 0 Å². The summed E-state index contributed by atoms with van der Waals surface area (Å²) in [6.07, 6.45) is -5.50. The first-order valence-electron chi connectivity index (χ1n) is 4.30. The number of phosphoric acid groups is 3. The molecule has 32 heteroatoms. The van der Waals surface area contributed by atoms with Crippen LogP contribution in [0, 0.1) is 0 Å². The maximum Gasteiger partial charge on any atom is 0.316 e. The predicted molar refractivity (Wildman–Crippen MR) is 138 cm³/mol. The minimum Gasteiger partial charge on any atom is 0.316 e. The van der Waals surface area contributed by atoms with Gasteiger partial charge in [-0.25, -0.2) is 28.1 Å². The van der Waals surface area contributed by atoms with Gasteiger partial charge in [-0.1, -0.05) is 0 Å². The van der Waals surface area contributed by atoms with Crippen molar-refractivity contribution in [3.8, 4) is 0 Å². The maximum atomic E-state index is 8.88. The second-order valence-electron chi connectivity index (χ2n) is 2.39. The van der Waals surface area contributed by atoms with E-state index in [-0.39, 0.29) is 266 Å². The van der Waals surface area contributed by atoms with Crippen LogP contribution in [0.4, 0.5) is 14.4 Å². The number of hydrogen-bond acceptors (Lipinski definition) is 6. The second kappa shape index (κ2) is 56.5. The first kappa shape index (κ1) is 90.0. The van der Waals surface area contributed by atoms with Gasteiger partial charge in [-0.05, 0) is 0 Å². The molecule has 0 aliphatic heterocycles. The first-order chi connectivity index (χ1) is 11.2. The summed E-state index contributed by atoms with van der Waals surface area (Å²) in [5.41, 5.74) is 0. The van der Waals surface area contributed by atoms with Gasteiger partial charge in [-0.15, -0.1) is 0 Å². The van der Waals surface area contributed by atoms with Crippen molar-refractivity contribution < 1.29 is 108 Å². The van der Waals surface area contributed by atoms with Crippen molar-refractivity contribution in [1.29, 1.82) is 0 Å². The van der Waals surface area contributed by atoms with Crippen molar-refractivity contribution in [3.05, 3.63) is 0 Å². The van der Waals surface area contributed by atoms with Crippen LogP contribution in [0.25, 0.3) is 0 Å². The molecule has 17 N–H and O–H groups in total. The normalized spacial score (nSPS) is 7.11. The molecule has 0 aromatic rings. The molecule has 0 spiro atoms. The van der Waals surface area contributed by atoms with Crippen molar-refractivity contribution in [1.82, 2.24) is 0 Å². The van der Waals surface area contributed by atoms with Gasteiger partial charge in [0, 0.05) is 0 Å². The smallest absolute Gasteiger partial charge is 0.316 e. The molecular formula is C3H31BaCa5MgO22P3. The first-order valence-corrected chi connectivity index (χ1v) is 9.00. The van der Waals surface area contributed by atoms with Gasteiger partial charge >= 0.3 is 303 Å². The van der Waals surface area contributed by atoms with E-state index in [9.17, 15) is 0 Å². The minimum atomic E-state index is -4.64. The summed E-state index contributed by atoms with van der Waals surface area (Å²) in [4.78, 5) is 90.4. The monoisotopic (exact) mass is 874 g/mol. The Balaban J connectivity index is -0.0000000121. The van der Waals surface area contributed by atoms with Gasteiger partial charge in [0.25, 0.3) is 0 Å². The van der Waals surface area contributed by atoms with Crippen molar-refractivity contribution in [3.63, 3.8) is 0 Å². The topological polar surface area (TPSA) is 437 Å². The number of hydrogen-bond donors (Lipinski definition) is 15. The van der Waals surface area contributed by atoms with Crippen LogP contribution in [0.5, 0.6) is 0 Å². The summed E-state index contributed by atoms with van der Waals surface area (Å²) in [5, 5.41) is 41.8. The van der Waals surface area contributed by atoms with Gasteiger partial charge in [0.05, 0.1) is 0 Å². The van der Waals surface area contributed by atoms with E-state index < -0.39 is 41.9 Å². The molecule has 0 saturated carbocycles. The largest absolute Gasteiger partial charge is 0.316 e. The van der Waals surface area contributed by atoms with E-state index in [0.717, 1.165) is 0 Å². The van der Waals surface area contributed by atoms with Crippen LogP contribution in [-0.2, 0) is 13.7 Å². The Morgan fingerprint density at radius 1 is 0.400 bits per heavy atom. The minimum absolute atomic E-state index is 0. The third-order valence-electron chi connectivity index (χ3n) is 0. The Bertz CT molecular complexity index is 436. The van der Waals surface area contributed by atoms with Crippen molar-refractivity contribution in [2.45, 2.75) is 0 Å². The zero-order valence-corrected chi connectivity index (χ0v) is 15.2. The van der Waals surface area contributed by atoms with E-state index in [1.807, 2.05) is 0 Å². The number of rotatable bonds is 0. The Labute approximate surface area is 400 Å². The molecule has 0 aliphatic carbocycles. The van der Waals surface area contributed by atoms with Crippen LogP contribution in [-0.4, -0.2) is 359 Å². The molecule has 204 valence electrons. The fraction of sp³-hybridized carbons (Fsp3) is 0. The molecule has 0 heterocycles. The standard InChI is InChI=1S/3CH2O3.Ba.5Ca.Mg.3H3O4P.H2O.14H/c3*2-1(3)4;;;;;;;;3*1-5(2,3)4;;;;;;;;;;;;;;;/h3*(H2,2,3,4);;;;;;;;3*(H3,1,2,3,4);1H2;;;;;;;;;;;;;;. The van der Waals surface area contributed by atoms with Gasteiger partial charge in [0.1, 0.15) is 0 Å². The van der Waals surface area contributed by atoms with Crippen LogP contribution >= 0.6 is 23.5 Å². The molecule has 0 fully saturated rings. The molecule has 0 aliphatic rings. The molecule has 22 nitrogen and oxygen atoms in total. The zero-order chi connectivity index (χ0) is 24.2. The van der Waals surface area contributed by atoms with Gasteiger partial charge in [-0.3, -0.25) is 0 Å². The fourth-order valence-electron chi connectivity index (χ4n) is 0. The quantitative estimate of drug-likeness (QED) is 0.0793. The van der Waals surface area contributed by atoms with E-state index in [1.54, 1.807) is 0 Å². The summed E-state index contributed by atoms with van der Waals surface area (Å²) in [7, 11) is -13.9. The van der Waals surface area contributed by atoms with Crippen LogP contribution in [0.1, 0.15) is 0 Å². The zero-order valence-electron chi connectivity index (χ0n) is 12.5. The van der Waals surface area contributed by atoms with Crippen molar-refractivity contribution in [2.24, 2.45) is 0 Å². The van der Waals surface area contributed by atoms with Gasteiger partial charge < -0.3 is 80.2 Å². The summed E-state index contributed by atoms with van der Waals surface area (Å²) < 4.78 is 26.6. The molecule has 0 rings (SSSR count). The molecule has 0 atom stereocenters. The Morgan fingerprint density at radius 3 is 0.400 bits per heavy atom. The third-order valence-corrected chi connectivity index (χ3v) is 0. The van der Waals surface area contributed by atoms with E-state index in [1.165, 1.54) is 0 Å². The summed E-state index contributed by atoms with van der Waals surface area (Å²) >= 11 is 0. The van der Waals surface area contributed by atoms with E-state index in [4.69, 9.17) is 103 Å². The van der Waals surface area contributed by atoms with E-state index >= 15 is 0 Å². The average molecular weight is 874 g/mol. The van der Waals surface area contributed by atoms with Gasteiger partial charge in [0.2, 0.25) is 0 Å².